The summed E-state index contributed by atoms with van der Waals surface area (Å²) in [6.45, 7) is 2.36. The van der Waals surface area contributed by atoms with E-state index in [-0.39, 0.29) is 4.90 Å². The maximum Gasteiger partial charge on any atom is 0.264 e. The summed E-state index contributed by atoms with van der Waals surface area (Å²) in [7, 11) is -3.78. The second-order valence-electron chi connectivity index (χ2n) is 6.72. The van der Waals surface area contributed by atoms with Gasteiger partial charge in [-0.25, -0.2) is 23.4 Å². The highest BCUT2D eigenvalue weighted by Crippen LogP contribution is 2.33. The van der Waals surface area contributed by atoms with E-state index < -0.39 is 10.0 Å². The van der Waals surface area contributed by atoms with Gasteiger partial charge in [-0.05, 0) is 36.8 Å². The molecule has 0 aliphatic rings. The summed E-state index contributed by atoms with van der Waals surface area (Å²) in [6, 6.07) is 13.6. The number of hydrogen-bond acceptors (Lipinski definition) is 5. The molecule has 0 N–H and O–H groups in total. The van der Waals surface area contributed by atoms with Crippen LogP contribution in [0.1, 0.15) is 19.8 Å². The molecule has 30 heavy (non-hydrogen) atoms. The van der Waals surface area contributed by atoms with E-state index in [0.29, 0.717) is 40.5 Å². The summed E-state index contributed by atoms with van der Waals surface area (Å²) in [4.78, 5) is 12.8. The zero-order valence-corrected chi connectivity index (χ0v) is 17.9. The Labute approximate surface area is 180 Å². The van der Waals surface area contributed by atoms with Gasteiger partial charge in [-0.2, -0.15) is 0 Å². The van der Waals surface area contributed by atoms with Crippen molar-refractivity contribution < 1.29 is 8.42 Å². The number of sulfonamides is 1. The number of rotatable bonds is 7. The van der Waals surface area contributed by atoms with E-state index in [1.807, 2.05) is 6.92 Å². The Hall–Kier alpha value is -2.97. The van der Waals surface area contributed by atoms with Gasteiger partial charge in [0.25, 0.3) is 10.0 Å². The van der Waals surface area contributed by atoms with E-state index in [1.165, 1.54) is 10.6 Å². The fraction of sp³-hybridized carbons (Fsp3) is 0.190. The van der Waals surface area contributed by atoms with Gasteiger partial charge in [0.05, 0.1) is 22.5 Å². The number of benzene rings is 2. The van der Waals surface area contributed by atoms with Crippen molar-refractivity contribution >= 4 is 38.5 Å². The number of anilines is 1. The van der Waals surface area contributed by atoms with Crippen molar-refractivity contribution in [3.8, 4) is 5.69 Å². The van der Waals surface area contributed by atoms with Crippen LogP contribution in [0.3, 0.4) is 0 Å². The molecule has 0 atom stereocenters. The molecule has 2 aromatic heterocycles. The van der Waals surface area contributed by atoms with Gasteiger partial charge >= 0.3 is 0 Å². The maximum atomic E-state index is 13.6. The van der Waals surface area contributed by atoms with E-state index >= 15 is 0 Å². The van der Waals surface area contributed by atoms with Gasteiger partial charge in [-0.15, -0.1) is 0 Å². The molecule has 0 aliphatic carbocycles. The number of imidazole rings is 1. The Bertz CT molecular complexity index is 1280. The second-order valence-corrected chi connectivity index (χ2v) is 9.02. The largest absolute Gasteiger partial charge is 0.294 e. The number of unbranched alkanes of at least 4 members (excludes halogenated alkanes) is 1. The molecule has 0 amide bonds. The summed E-state index contributed by atoms with van der Waals surface area (Å²) < 4.78 is 30.3. The Kier molecular flexibility index (Phi) is 5.69. The molecule has 9 heteroatoms. The van der Waals surface area contributed by atoms with E-state index in [2.05, 4.69) is 15.0 Å². The standard InChI is InChI=1S/C21H20ClN5O2S/c1-2-3-11-27(30(28,29)17-7-5-4-6-8-17)18-10-9-16(22)12-19(18)26-15-25-21-20(26)13-23-14-24-21/h4-10,12-15H,2-3,11H2,1H3. The van der Waals surface area contributed by atoms with Crippen LogP contribution in [0.4, 0.5) is 5.69 Å². The average molecular weight is 442 g/mol. The molecule has 0 unspecified atom stereocenters. The lowest BCUT2D eigenvalue weighted by atomic mass is 10.2. The highest BCUT2D eigenvalue weighted by atomic mass is 35.5. The molecular weight excluding hydrogens is 422 g/mol. The predicted molar refractivity (Wildman–Crippen MR) is 118 cm³/mol. The molecule has 154 valence electrons. The van der Waals surface area contributed by atoms with Crippen LogP contribution in [0.2, 0.25) is 5.02 Å². The quantitative estimate of drug-likeness (QED) is 0.422. The van der Waals surface area contributed by atoms with Gasteiger partial charge in [0.2, 0.25) is 0 Å². The molecule has 0 radical (unpaired) electrons. The molecule has 2 aromatic carbocycles. The van der Waals surface area contributed by atoms with Crippen molar-refractivity contribution in [2.75, 3.05) is 10.8 Å². The number of halogens is 1. The fourth-order valence-corrected chi connectivity index (χ4v) is 4.95. The predicted octanol–water partition coefficient (Wildman–Crippen LogP) is 4.46. The Morgan fingerprint density at radius 1 is 1.10 bits per heavy atom. The van der Waals surface area contributed by atoms with E-state index in [9.17, 15) is 8.42 Å². The molecule has 0 bridgehead atoms. The lowest BCUT2D eigenvalue weighted by Gasteiger charge is -2.27. The Balaban J connectivity index is 1.92. The average Bonchev–Trinajstić information content (AvgIpc) is 3.19. The lowest BCUT2D eigenvalue weighted by Crippen LogP contribution is -2.33. The third-order valence-electron chi connectivity index (χ3n) is 4.74. The number of hydrogen-bond donors (Lipinski definition) is 0. The van der Waals surface area contributed by atoms with Crippen LogP contribution in [0, 0.1) is 0 Å². The number of fused-ring (bicyclic) bond motifs is 1. The third kappa shape index (κ3) is 3.76. The fourth-order valence-electron chi connectivity index (χ4n) is 3.24. The van der Waals surface area contributed by atoms with Crippen LogP contribution in [-0.4, -0.2) is 34.5 Å². The summed E-state index contributed by atoms with van der Waals surface area (Å²) >= 11 is 6.29. The van der Waals surface area contributed by atoms with E-state index in [0.717, 1.165) is 6.42 Å². The van der Waals surface area contributed by atoms with Crippen molar-refractivity contribution in [1.29, 1.82) is 0 Å². The first-order valence-electron chi connectivity index (χ1n) is 9.53. The Morgan fingerprint density at radius 3 is 2.67 bits per heavy atom. The first-order chi connectivity index (χ1) is 14.5. The van der Waals surface area contributed by atoms with E-state index in [4.69, 9.17) is 11.6 Å². The first-order valence-corrected chi connectivity index (χ1v) is 11.3. The van der Waals surface area contributed by atoms with Crippen LogP contribution in [0.15, 0.2) is 72.3 Å². The van der Waals surface area contributed by atoms with Crippen molar-refractivity contribution in [2.45, 2.75) is 24.7 Å². The van der Waals surface area contributed by atoms with Crippen LogP contribution < -0.4 is 4.31 Å². The second kappa shape index (κ2) is 8.41. The van der Waals surface area contributed by atoms with Crippen molar-refractivity contribution in [2.24, 2.45) is 0 Å². The van der Waals surface area contributed by atoms with Gasteiger partial charge in [0, 0.05) is 11.6 Å². The maximum absolute atomic E-state index is 13.6. The van der Waals surface area contributed by atoms with Gasteiger partial charge in [-0.1, -0.05) is 43.1 Å². The minimum absolute atomic E-state index is 0.237. The van der Waals surface area contributed by atoms with Crippen LogP contribution in [-0.2, 0) is 10.0 Å². The third-order valence-corrected chi connectivity index (χ3v) is 6.80. The highest BCUT2D eigenvalue weighted by molar-refractivity contribution is 7.92. The van der Waals surface area contributed by atoms with Crippen LogP contribution in [0.5, 0.6) is 0 Å². The summed E-state index contributed by atoms with van der Waals surface area (Å²) in [6.07, 6.45) is 6.23. The molecule has 0 saturated heterocycles. The molecule has 0 saturated carbocycles. The van der Waals surface area contributed by atoms with Crippen molar-refractivity contribution in [1.82, 2.24) is 19.5 Å². The molecule has 7 nitrogen and oxygen atoms in total. The van der Waals surface area contributed by atoms with Gasteiger partial charge in [0.15, 0.2) is 5.65 Å². The topological polar surface area (TPSA) is 81.0 Å². The highest BCUT2D eigenvalue weighted by Gasteiger charge is 2.27. The molecule has 4 rings (SSSR count). The summed E-state index contributed by atoms with van der Waals surface area (Å²) in [5.41, 5.74) is 2.28. The molecule has 4 aromatic rings. The monoisotopic (exact) mass is 441 g/mol. The van der Waals surface area contributed by atoms with E-state index in [1.54, 1.807) is 65.6 Å². The molecule has 2 heterocycles. The SMILES string of the molecule is CCCCN(c1ccc(Cl)cc1-n1cnc2ncncc21)S(=O)(=O)c1ccccc1. The lowest BCUT2D eigenvalue weighted by molar-refractivity contribution is 0.588. The zero-order chi connectivity index (χ0) is 21.1. The zero-order valence-electron chi connectivity index (χ0n) is 16.3. The van der Waals surface area contributed by atoms with Gasteiger partial charge < -0.3 is 0 Å². The van der Waals surface area contributed by atoms with Crippen LogP contribution >= 0.6 is 11.6 Å². The first kappa shape index (κ1) is 20.3. The minimum Gasteiger partial charge on any atom is -0.294 e. The van der Waals surface area contributed by atoms with Gasteiger partial charge in [0.1, 0.15) is 18.2 Å². The number of aromatic nitrogens is 4. The molecular formula is C21H20ClN5O2S. The molecule has 0 fully saturated rings. The Morgan fingerprint density at radius 2 is 1.90 bits per heavy atom. The molecule has 0 aliphatic heterocycles. The number of nitrogens with zero attached hydrogens (tertiary/aromatic N) is 5. The van der Waals surface area contributed by atoms with Crippen molar-refractivity contribution in [3.05, 3.63) is 72.4 Å². The smallest absolute Gasteiger partial charge is 0.264 e. The minimum atomic E-state index is -3.78. The molecule has 0 spiro atoms. The summed E-state index contributed by atoms with van der Waals surface area (Å²) in [5.74, 6) is 0. The van der Waals surface area contributed by atoms with Crippen LogP contribution in [0.25, 0.3) is 16.9 Å². The van der Waals surface area contributed by atoms with Gasteiger partial charge in [-0.3, -0.25) is 8.87 Å². The summed E-state index contributed by atoms with van der Waals surface area (Å²) in [5, 5.41) is 0.486. The normalized spacial score (nSPS) is 11.7. The van der Waals surface area contributed by atoms with Crippen molar-refractivity contribution in [3.63, 3.8) is 0 Å².